The maximum absolute atomic E-state index is 12.4. The van der Waals surface area contributed by atoms with E-state index in [0.29, 0.717) is 27.4 Å². The molecule has 0 aliphatic carbocycles. The van der Waals surface area contributed by atoms with Crippen LogP contribution in [0.25, 0.3) is 0 Å². The van der Waals surface area contributed by atoms with E-state index in [1.54, 1.807) is 30.5 Å². The molecule has 0 spiro atoms. The van der Waals surface area contributed by atoms with Crippen LogP contribution in [0.1, 0.15) is 36.2 Å². The quantitative estimate of drug-likeness (QED) is 0.875. The summed E-state index contributed by atoms with van der Waals surface area (Å²) in [6.07, 6.45) is 6.32. The minimum Gasteiger partial charge on any atom is -0.341 e. The van der Waals surface area contributed by atoms with E-state index >= 15 is 0 Å². The number of rotatable bonds is 3. The zero-order chi connectivity index (χ0) is 16.9. The van der Waals surface area contributed by atoms with Gasteiger partial charge in [-0.2, -0.15) is 0 Å². The van der Waals surface area contributed by atoms with Gasteiger partial charge in [-0.05, 0) is 37.1 Å². The van der Waals surface area contributed by atoms with Crippen LogP contribution < -0.4 is 10.2 Å². The van der Waals surface area contributed by atoms with E-state index in [1.165, 1.54) is 12.8 Å². The van der Waals surface area contributed by atoms with Crippen molar-refractivity contribution >= 4 is 40.7 Å². The number of aromatic nitrogens is 2. The first-order valence-corrected chi connectivity index (χ1v) is 8.73. The molecule has 1 amide bonds. The van der Waals surface area contributed by atoms with Crippen molar-refractivity contribution in [1.29, 1.82) is 0 Å². The van der Waals surface area contributed by atoms with Crippen molar-refractivity contribution in [2.45, 2.75) is 25.7 Å². The molecule has 1 N–H and O–H groups in total. The number of hydrogen-bond donors (Lipinski definition) is 1. The van der Waals surface area contributed by atoms with Crippen molar-refractivity contribution in [3.63, 3.8) is 0 Å². The van der Waals surface area contributed by atoms with Crippen LogP contribution in [0.4, 0.5) is 11.6 Å². The number of carbonyl (C=O) groups is 1. The highest BCUT2D eigenvalue weighted by Crippen LogP contribution is 2.25. The molecule has 24 heavy (non-hydrogen) atoms. The van der Waals surface area contributed by atoms with Crippen LogP contribution in [0.2, 0.25) is 10.0 Å². The van der Waals surface area contributed by atoms with Gasteiger partial charge in [0.1, 0.15) is 5.69 Å². The Morgan fingerprint density at radius 1 is 1.08 bits per heavy atom. The molecule has 1 aromatic carbocycles. The topological polar surface area (TPSA) is 58.1 Å². The fourth-order valence-electron chi connectivity index (χ4n) is 2.68. The Labute approximate surface area is 151 Å². The SMILES string of the molecule is O=C(Nc1ccc(Cl)cc1Cl)c1ccnc(N2CCCCCC2)n1. The predicted octanol–water partition coefficient (Wildman–Crippen LogP) is 4.42. The summed E-state index contributed by atoms with van der Waals surface area (Å²) < 4.78 is 0. The zero-order valence-electron chi connectivity index (χ0n) is 13.1. The molecule has 3 rings (SSSR count). The van der Waals surface area contributed by atoms with Crippen LogP contribution >= 0.6 is 23.2 Å². The molecule has 5 nitrogen and oxygen atoms in total. The lowest BCUT2D eigenvalue weighted by Crippen LogP contribution is -2.27. The van der Waals surface area contributed by atoms with E-state index < -0.39 is 0 Å². The molecule has 2 aromatic rings. The van der Waals surface area contributed by atoms with Crippen molar-refractivity contribution in [3.8, 4) is 0 Å². The monoisotopic (exact) mass is 364 g/mol. The Hall–Kier alpha value is -1.85. The molecule has 0 saturated carbocycles. The average Bonchev–Trinajstić information content (AvgIpc) is 2.87. The van der Waals surface area contributed by atoms with Crippen molar-refractivity contribution in [2.24, 2.45) is 0 Å². The van der Waals surface area contributed by atoms with Gasteiger partial charge in [0.25, 0.3) is 5.91 Å². The molecule has 1 aromatic heterocycles. The number of nitrogens with one attached hydrogen (secondary N) is 1. The predicted molar refractivity (Wildman–Crippen MR) is 97.1 cm³/mol. The highest BCUT2D eigenvalue weighted by molar-refractivity contribution is 6.36. The maximum Gasteiger partial charge on any atom is 0.274 e. The van der Waals surface area contributed by atoms with Crippen molar-refractivity contribution in [1.82, 2.24) is 9.97 Å². The Bertz CT molecular complexity index is 730. The molecule has 1 fully saturated rings. The fourth-order valence-corrected chi connectivity index (χ4v) is 3.13. The van der Waals surface area contributed by atoms with Crippen molar-refractivity contribution < 1.29 is 4.79 Å². The third-order valence-electron chi connectivity index (χ3n) is 3.94. The molecule has 126 valence electrons. The lowest BCUT2D eigenvalue weighted by Gasteiger charge is -2.20. The number of carbonyl (C=O) groups excluding carboxylic acids is 1. The molecule has 7 heteroatoms. The van der Waals surface area contributed by atoms with Gasteiger partial charge in [0.2, 0.25) is 5.95 Å². The summed E-state index contributed by atoms with van der Waals surface area (Å²) in [7, 11) is 0. The van der Waals surface area contributed by atoms with Gasteiger partial charge in [-0.3, -0.25) is 4.79 Å². The molecule has 2 heterocycles. The van der Waals surface area contributed by atoms with Crippen LogP contribution in [0.15, 0.2) is 30.5 Å². The summed E-state index contributed by atoms with van der Waals surface area (Å²) in [5.74, 6) is 0.282. The first kappa shape index (κ1) is 17.0. The Balaban J connectivity index is 1.76. The number of nitrogens with zero attached hydrogens (tertiary/aromatic N) is 3. The number of anilines is 2. The van der Waals surface area contributed by atoms with Gasteiger partial charge in [-0.15, -0.1) is 0 Å². The molecule has 0 atom stereocenters. The summed E-state index contributed by atoms with van der Waals surface area (Å²) in [6, 6.07) is 6.52. The molecule has 1 saturated heterocycles. The van der Waals surface area contributed by atoms with E-state index in [0.717, 1.165) is 25.9 Å². The van der Waals surface area contributed by atoms with E-state index in [2.05, 4.69) is 20.2 Å². The number of halogens is 2. The molecule has 1 aliphatic rings. The van der Waals surface area contributed by atoms with Crippen LogP contribution in [-0.4, -0.2) is 29.0 Å². The van der Waals surface area contributed by atoms with Crippen molar-refractivity contribution in [2.75, 3.05) is 23.3 Å². The summed E-state index contributed by atoms with van der Waals surface area (Å²) in [5.41, 5.74) is 0.816. The average molecular weight is 365 g/mol. The van der Waals surface area contributed by atoms with E-state index in [9.17, 15) is 4.79 Å². The normalized spacial score (nSPS) is 15.0. The molecule has 0 radical (unpaired) electrons. The molecule has 0 bridgehead atoms. The van der Waals surface area contributed by atoms with Gasteiger partial charge in [-0.1, -0.05) is 36.0 Å². The molecular weight excluding hydrogens is 347 g/mol. The zero-order valence-corrected chi connectivity index (χ0v) is 14.6. The second-order valence-electron chi connectivity index (χ2n) is 5.72. The number of hydrogen-bond acceptors (Lipinski definition) is 4. The largest absolute Gasteiger partial charge is 0.341 e. The first-order chi connectivity index (χ1) is 11.6. The minimum atomic E-state index is -0.322. The Morgan fingerprint density at radius 2 is 1.83 bits per heavy atom. The second-order valence-corrected chi connectivity index (χ2v) is 6.57. The van der Waals surface area contributed by atoms with Crippen LogP contribution in [-0.2, 0) is 0 Å². The van der Waals surface area contributed by atoms with Gasteiger partial charge in [0.05, 0.1) is 10.7 Å². The summed E-state index contributed by atoms with van der Waals surface area (Å²) >= 11 is 12.0. The van der Waals surface area contributed by atoms with E-state index in [4.69, 9.17) is 23.2 Å². The van der Waals surface area contributed by atoms with Gasteiger partial charge >= 0.3 is 0 Å². The summed E-state index contributed by atoms with van der Waals surface area (Å²) in [6.45, 7) is 1.85. The number of benzene rings is 1. The third kappa shape index (κ3) is 4.16. The maximum atomic E-state index is 12.4. The van der Waals surface area contributed by atoms with Gasteiger partial charge in [-0.25, -0.2) is 9.97 Å². The molecular formula is C17H18Cl2N4O. The minimum absolute atomic E-state index is 0.315. The van der Waals surface area contributed by atoms with Gasteiger partial charge in [0, 0.05) is 24.3 Å². The molecule has 0 unspecified atom stereocenters. The van der Waals surface area contributed by atoms with Crippen LogP contribution in [0.3, 0.4) is 0 Å². The lowest BCUT2D eigenvalue weighted by molar-refractivity contribution is 0.102. The van der Waals surface area contributed by atoms with Crippen molar-refractivity contribution in [3.05, 3.63) is 46.2 Å². The highest BCUT2D eigenvalue weighted by atomic mass is 35.5. The fraction of sp³-hybridized carbons (Fsp3) is 0.353. The highest BCUT2D eigenvalue weighted by Gasteiger charge is 2.16. The van der Waals surface area contributed by atoms with E-state index in [-0.39, 0.29) is 5.91 Å². The van der Waals surface area contributed by atoms with Gasteiger partial charge < -0.3 is 10.2 Å². The lowest BCUT2D eigenvalue weighted by atomic mass is 10.2. The van der Waals surface area contributed by atoms with Gasteiger partial charge in [0.15, 0.2) is 0 Å². The van der Waals surface area contributed by atoms with Crippen LogP contribution in [0.5, 0.6) is 0 Å². The standard InChI is InChI=1S/C17H18Cl2N4O/c18-12-5-6-14(13(19)11-12)21-16(24)15-7-8-20-17(22-15)23-9-3-1-2-4-10-23/h5-8,11H,1-4,9-10H2,(H,21,24). The second kappa shape index (κ2) is 7.81. The summed E-state index contributed by atoms with van der Waals surface area (Å²) in [5, 5.41) is 3.66. The summed E-state index contributed by atoms with van der Waals surface area (Å²) in [4.78, 5) is 23.3. The Kier molecular flexibility index (Phi) is 5.53. The first-order valence-electron chi connectivity index (χ1n) is 7.98. The number of amides is 1. The molecule has 1 aliphatic heterocycles. The van der Waals surface area contributed by atoms with E-state index in [1.807, 2.05) is 0 Å². The third-order valence-corrected chi connectivity index (χ3v) is 4.49. The van der Waals surface area contributed by atoms with Crippen LogP contribution in [0, 0.1) is 0 Å². The Morgan fingerprint density at radius 3 is 2.54 bits per heavy atom. The smallest absolute Gasteiger partial charge is 0.274 e.